The monoisotopic (exact) mass is 211 g/mol. The number of piperidine rings is 1. The highest BCUT2D eigenvalue weighted by molar-refractivity contribution is 5.67. The van der Waals surface area contributed by atoms with Crippen molar-refractivity contribution in [2.45, 2.75) is 44.6 Å². The first-order chi connectivity index (χ1) is 7.18. The molecule has 0 bridgehead atoms. The van der Waals surface area contributed by atoms with E-state index in [0.717, 1.165) is 13.0 Å². The van der Waals surface area contributed by atoms with Gasteiger partial charge < -0.3 is 10.0 Å². The Balaban J connectivity index is 2.03. The van der Waals surface area contributed by atoms with Gasteiger partial charge in [0.2, 0.25) is 0 Å². The fraction of sp³-hybridized carbons (Fsp3) is 0.917. The van der Waals surface area contributed by atoms with Crippen LogP contribution in [0.3, 0.4) is 0 Å². The second kappa shape index (κ2) is 4.52. The Bertz CT molecular complexity index is 242. The summed E-state index contributed by atoms with van der Waals surface area (Å²) in [6.45, 7) is 1.08. The minimum Gasteiger partial charge on any atom is -0.481 e. The van der Waals surface area contributed by atoms with E-state index in [1.165, 1.54) is 25.7 Å². The number of hydrogen-bond donors (Lipinski definition) is 1. The largest absolute Gasteiger partial charge is 0.481 e. The molecule has 3 atom stereocenters. The Morgan fingerprint density at radius 1 is 1.33 bits per heavy atom. The molecule has 2 fully saturated rings. The first-order valence-corrected chi connectivity index (χ1v) is 6.10. The molecule has 0 aromatic heterocycles. The van der Waals surface area contributed by atoms with Crippen molar-refractivity contribution in [3.8, 4) is 0 Å². The highest BCUT2D eigenvalue weighted by Crippen LogP contribution is 2.39. The van der Waals surface area contributed by atoms with E-state index in [4.69, 9.17) is 5.11 Å². The third-order valence-electron chi connectivity index (χ3n) is 4.24. The third-order valence-corrected chi connectivity index (χ3v) is 4.24. The van der Waals surface area contributed by atoms with Gasteiger partial charge in [0.15, 0.2) is 0 Å². The van der Waals surface area contributed by atoms with Crippen molar-refractivity contribution in [2.75, 3.05) is 13.6 Å². The molecule has 3 nitrogen and oxygen atoms in total. The number of aliphatic carboxylic acids is 1. The molecular formula is C12H21NO2. The lowest BCUT2D eigenvalue weighted by molar-refractivity contribution is -0.139. The SMILES string of the molecule is CN1CCC(CC(=O)O)C2CCCCC21. The molecule has 0 radical (unpaired) electrons. The summed E-state index contributed by atoms with van der Waals surface area (Å²) in [5.41, 5.74) is 0. The number of likely N-dealkylation sites (tertiary alicyclic amines) is 1. The van der Waals surface area contributed by atoms with Crippen LogP contribution in [0.15, 0.2) is 0 Å². The van der Waals surface area contributed by atoms with Gasteiger partial charge in [0.25, 0.3) is 0 Å². The van der Waals surface area contributed by atoms with Crippen LogP contribution in [0.5, 0.6) is 0 Å². The molecular weight excluding hydrogens is 190 g/mol. The summed E-state index contributed by atoms with van der Waals surface area (Å²) in [5, 5.41) is 8.91. The summed E-state index contributed by atoms with van der Waals surface area (Å²) in [6.07, 6.45) is 6.60. The number of rotatable bonds is 2. The van der Waals surface area contributed by atoms with E-state index in [-0.39, 0.29) is 0 Å². The van der Waals surface area contributed by atoms with Crippen molar-refractivity contribution in [1.29, 1.82) is 0 Å². The first kappa shape index (κ1) is 10.9. The van der Waals surface area contributed by atoms with E-state index < -0.39 is 5.97 Å². The van der Waals surface area contributed by atoms with E-state index >= 15 is 0 Å². The van der Waals surface area contributed by atoms with Gasteiger partial charge in [-0.25, -0.2) is 0 Å². The molecule has 1 aliphatic heterocycles. The van der Waals surface area contributed by atoms with Crippen LogP contribution in [0.4, 0.5) is 0 Å². The van der Waals surface area contributed by atoms with Crippen LogP contribution in [-0.2, 0) is 4.79 Å². The lowest BCUT2D eigenvalue weighted by Gasteiger charge is -2.46. The van der Waals surface area contributed by atoms with Gasteiger partial charge in [-0.15, -0.1) is 0 Å². The summed E-state index contributed by atoms with van der Waals surface area (Å²) in [7, 11) is 2.19. The standard InChI is InChI=1S/C12H21NO2/c1-13-7-6-9(8-12(14)15)10-4-2-3-5-11(10)13/h9-11H,2-8H2,1H3,(H,14,15). The minimum atomic E-state index is -0.617. The van der Waals surface area contributed by atoms with Crippen LogP contribution < -0.4 is 0 Å². The summed E-state index contributed by atoms with van der Waals surface area (Å²) < 4.78 is 0. The second-order valence-electron chi connectivity index (χ2n) is 5.14. The van der Waals surface area contributed by atoms with E-state index in [1.54, 1.807) is 0 Å². The Hall–Kier alpha value is -0.570. The molecule has 3 unspecified atom stereocenters. The number of carboxylic acid groups (broad SMARTS) is 1. The molecule has 15 heavy (non-hydrogen) atoms. The van der Waals surface area contributed by atoms with Gasteiger partial charge in [0.05, 0.1) is 0 Å². The molecule has 3 heteroatoms. The quantitative estimate of drug-likeness (QED) is 0.759. The van der Waals surface area contributed by atoms with E-state index in [9.17, 15) is 4.79 Å². The van der Waals surface area contributed by atoms with Crippen molar-refractivity contribution < 1.29 is 9.90 Å². The van der Waals surface area contributed by atoms with Crippen LogP contribution >= 0.6 is 0 Å². The summed E-state index contributed by atoms with van der Waals surface area (Å²) in [5.74, 6) is 0.464. The lowest BCUT2D eigenvalue weighted by atomic mass is 9.71. The summed E-state index contributed by atoms with van der Waals surface area (Å²) in [4.78, 5) is 13.3. The molecule has 86 valence electrons. The smallest absolute Gasteiger partial charge is 0.303 e. The average Bonchev–Trinajstić information content (AvgIpc) is 2.22. The number of nitrogens with zero attached hydrogens (tertiary/aromatic N) is 1. The highest BCUT2D eigenvalue weighted by atomic mass is 16.4. The minimum absolute atomic E-state index is 0.384. The predicted molar refractivity (Wildman–Crippen MR) is 58.7 cm³/mol. The Morgan fingerprint density at radius 3 is 2.80 bits per heavy atom. The topological polar surface area (TPSA) is 40.5 Å². The average molecular weight is 211 g/mol. The van der Waals surface area contributed by atoms with E-state index in [2.05, 4.69) is 11.9 Å². The van der Waals surface area contributed by atoms with Gasteiger partial charge in [0.1, 0.15) is 0 Å². The van der Waals surface area contributed by atoms with Crippen LogP contribution in [0.2, 0.25) is 0 Å². The number of hydrogen-bond acceptors (Lipinski definition) is 2. The van der Waals surface area contributed by atoms with Gasteiger partial charge in [-0.2, -0.15) is 0 Å². The fourth-order valence-corrected chi connectivity index (χ4v) is 3.46. The maximum atomic E-state index is 10.8. The molecule has 1 saturated heterocycles. The zero-order chi connectivity index (χ0) is 10.8. The molecule has 0 aromatic rings. The molecule has 0 amide bonds. The van der Waals surface area contributed by atoms with Crippen molar-refractivity contribution in [1.82, 2.24) is 4.90 Å². The van der Waals surface area contributed by atoms with Gasteiger partial charge in [-0.05, 0) is 44.7 Å². The molecule has 0 aromatic carbocycles. The molecule has 1 heterocycles. The zero-order valence-corrected chi connectivity index (χ0v) is 9.48. The predicted octanol–water partition coefficient (Wildman–Crippen LogP) is 1.97. The number of carbonyl (C=O) groups is 1. The Morgan fingerprint density at radius 2 is 2.07 bits per heavy atom. The zero-order valence-electron chi connectivity index (χ0n) is 9.48. The normalized spacial score (nSPS) is 37.3. The van der Waals surface area contributed by atoms with Crippen molar-refractivity contribution in [2.24, 2.45) is 11.8 Å². The fourth-order valence-electron chi connectivity index (χ4n) is 3.46. The van der Waals surface area contributed by atoms with E-state index in [0.29, 0.717) is 24.3 Å². The Labute approximate surface area is 91.5 Å². The van der Waals surface area contributed by atoms with E-state index in [1.807, 2.05) is 0 Å². The maximum absolute atomic E-state index is 10.8. The summed E-state index contributed by atoms with van der Waals surface area (Å²) in [6, 6.07) is 0.664. The van der Waals surface area contributed by atoms with Crippen LogP contribution in [0, 0.1) is 11.8 Å². The van der Waals surface area contributed by atoms with Gasteiger partial charge in [-0.3, -0.25) is 4.79 Å². The molecule has 2 aliphatic rings. The van der Waals surface area contributed by atoms with Gasteiger partial charge in [-0.1, -0.05) is 12.8 Å². The second-order valence-corrected chi connectivity index (χ2v) is 5.14. The van der Waals surface area contributed by atoms with Crippen LogP contribution in [0.1, 0.15) is 38.5 Å². The molecule has 1 N–H and O–H groups in total. The molecule has 0 spiro atoms. The summed E-state index contributed by atoms with van der Waals surface area (Å²) >= 11 is 0. The maximum Gasteiger partial charge on any atom is 0.303 e. The van der Waals surface area contributed by atoms with Crippen molar-refractivity contribution in [3.63, 3.8) is 0 Å². The molecule has 1 aliphatic carbocycles. The third kappa shape index (κ3) is 2.33. The number of fused-ring (bicyclic) bond motifs is 1. The molecule has 1 saturated carbocycles. The van der Waals surface area contributed by atoms with Crippen LogP contribution in [0.25, 0.3) is 0 Å². The van der Waals surface area contributed by atoms with Crippen molar-refractivity contribution >= 4 is 5.97 Å². The molecule has 2 rings (SSSR count). The van der Waals surface area contributed by atoms with Crippen molar-refractivity contribution in [3.05, 3.63) is 0 Å². The Kier molecular flexibility index (Phi) is 3.29. The lowest BCUT2D eigenvalue weighted by Crippen LogP contribution is -2.48. The highest BCUT2D eigenvalue weighted by Gasteiger charge is 2.38. The first-order valence-electron chi connectivity index (χ1n) is 6.10. The van der Waals surface area contributed by atoms with Crippen LogP contribution in [-0.4, -0.2) is 35.6 Å². The van der Waals surface area contributed by atoms with Gasteiger partial charge in [0, 0.05) is 12.5 Å². The number of carboxylic acids is 1. The van der Waals surface area contributed by atoms with Gasteiger partial charge >= 0.3 is 5.97 Å².